The Morgan fingerprint density at radius 3 is 2.71 bits per heavy atom. The van der Waals surface area contributed by atoms with Crippen LogP contribution in [0.25, 0.3) is 0 Å². The van der Waals surface area contributed by atoms with Crippen LogP contribution in [0.1, 0.15) is 44.9 Å². The molecule has 24 heavy (non-hydrogen) atoms. The van der Waals surface area contributed by atoms with Gasteiger partial charge in [0.05, 0.1) is 5.57 Å². The van der Waals surface area contributed by atoms with E-state index in [9.17, 15) is 4.79 Å². The van der Waals surface area contributed by atoms with Gasteiger partial charge >= 0.3 is 5.97 Å². The first-order valence-electron chi connectivity index (χ1n) is 7.82. The minimum Gasteiger partial charge on any atom is -0.456 e. The van der Waals surface area contributed by atoms with Gasteiger partial charge in [-0.15, -0.1) is 0 Å². The molecule has 3 rings (SSSR count). The highest BCUT2D eigenvalue weighted by atomic mass is 16.6. The third kappa shape index (κ3) is 3.02. The highest BCUT2D eigenvalue weighted by Crippen LogP contribution is 2.35. The standard InChI is InChI=1S/C17H21N5O2/c1-10-7-6-8-12(9-10)14-13(15(23)24-17(3,4)5)11(2)18-16-19-20-21-22(14)16/h6-9,14H,1-5H3,(H,18,19,21)/t14-/m0/s1. The number of nitrogens with zero attached hydrogens (tertiary/aromatic N) is 4. The molecular formula is C17H21N5O2. The van der Waals surface area contributed by atoms with Crippen LogP contribution in [0.3, 0.4) is 0 Å². The van der Waals surface area contributed by atoms with Gasteiger partial charge in [-0.25, -0.2) is 4.79 Å². The molecule has 1 N–H and O–H groups in total. The van der Waals surface area contributed by atoms with E-state index in [1.807, 2.05) is 58.9 Å². The lowest BCUT2D eigenvalue weighted by Crippen LogP contribution is -2.33. The number of anilines is 1. The van der Waals surface area contributed by atoms with Gasteiger partial charge in [-0.1, -0.05) is 34.9 Å². The summed E-state index contributed by atoms with van der Waals surface area (Å²) in [7, 11) is 0. The predicted octanol–water partition coefficient (Wildman–Crippen LogP) is 2.61. The van der Waals surface area contributed by atoms with Crippen LogP contribution in [0.5, 0.6) is 0 Å². The molecule has 2 aromatic rings. The number of aryl methyl sites for hydroxylation is 1. The molecular weight excluding hydrogens is 306 g/mol. The molecule has 0 spiro atoms. The fourth-order valence-corrected chi connectivity index (χ4v) is 2.76. The van der Waals surface area contributed by atoms with E-state index < -0.39 is 11.6 Å². The molecule has 0 radical (unpaired) electrons. The number of hydrogen-bond acceptors (Lipinski definition) is 6. The van der Waals surface area contributed by atoms with Gasteiger partial charge in [-0.3, -0.25) is 0 Å². The topological polar surface area (TPSA) is 81.9 Å². The van der Waals surface area contributed by atoms with Crippen LogP contribution in [-0.2, 0) is 9.53 Å². The molecule has 2 heterocycles. The van der Waals surface area contributed by atoms with Crippen LogP contribution in [0.2, 0.25) is 0 Å². The zero-order chi connectivity index (χ0) is 17.5. The van der Waals surface area contributed by atoms with E-state index in [0.29, 0.717) is 17.2 Å². The Morgan fingerprint density at radius 2 is 2.04 bits per heavy atom. The summed E-state index contributed by atoms with van der Waals surface area (Å²) >= 11 is 0. The lowest BCUT2D eigenvalue weighted by Gasteiger charge is -2.29. The number of nitrogens with one attached hydrogen (secondary N) is 1. The first kappa shape index (κ1) is 16.2. The fourth-order valence-electron chi connectivity index (χ4n) is 2.76. The molecule has 0 fully saturated rings. The van der Waals surface area contributed by atoms with E-state index in [4.69, 9.17) is 4.74 Å². The summed E-state index contributed by atoms with van der Waals surface area (Å²) in [6.45, 7) is 9.39. The van der Waals surface area contributed by atoms with E-state index in [1.54, 1.807) is 4.68 Å². The van der Waals surface area contributed by atoms with Crippen molar-refractivity contribution >= 4 is 11.9 Å². The van der Waals surface area contributed by atoms with Gasteiger partial charge in [0.15, 0.2) is 0 Å². The molecule has 1 aromatic heterocycles. The smallest absolute Gasteiger partial charge is 0.338 e. The van der Waals surface area contributed by atoms with E-state index in [2.05, 4.69) is 20.8 Å². The Hall–Kier alpha value is -2.70. The second kappa shape index (κ2) is 5.74. The molecule has 7 heteroatoms. The van der Waals surface area contributed by atoms with Gasteiger partial charge in [0.1, 0.15) is 11.6 Å². The zero-order valence-electron chi connectivity index (χ0n) is 14.5. The van der Waals surface area contributed by atoms with Crippen LogP contribution >= 0.6 is 0 Å². The van der Waals surface area contributed by atoms with Crippen LogP contribution in [0.4, 0.5) is 5.95 Å². The van der Waals surface area contributed by atoms with Crippen LogP contribution in [0, 0.1) is 6.92 Å². The molecule has 1 aromatic carbocycles. The zero-order valence-corrected chi connectivity index (χ0v) is 14.5. The van der Waals surface area contributed by atoms with Crippen LogP contribution < -0.4 is 5.32 Å². The summed E-state index contributed by atoms with van der Waals surface area (Å²) in [4.78, 5) is 12.8. The van der Waals surface area contributed by atoms with E-state index in [0.717, 1.165) is 11.1 Å². The lowest BCUT2D eigenvalue weighted by molar-refractivity contribution is -0.150. The number of tetrazole rings is 1. The largest absolute Gasteiger partial charge is 0.456 e. The van der Waals surface area contributed by atoms with Crippen molar-refractivity contribution in [3.05, 3.63) is 46.7 Å². The predicted molar refractivity (Wildman–Crippen MR) is 89.3 cm³/mol. The van der Waals surface area contributed by atoms with Gasteiger partial charge in [-0.2, -0.15) is 4.68 Å². The number of aromatic nitrogens is 4. The summed E-state index contributed by atoms with van der Waals surface area (Å²) in [5, 5.41) is 14.8. The van der Waals surface area contributed by atoms with Gasteiger partial charge in [0.25, 0.3) is 0 Å². The van der Waals surface area contributed by atoms with E-state index in [1.165, 1.54) is 0 Å². The molecule has 0 amide bonds. The molecule has 0 aliphatic carbocycles. The number of carbonyl (C=O) groups excluding carboxylic acids is 1. The minimum absolute atomic E-state index is 0.375. The van der Waals surface area contributed by atoms with Crippen molar-refractivity contribution in [3.63, 3.8) is 0 Å². The second-order valence-electron chi connectivity index (χ2n) is 6.93. The molecule has 0 saturated carbocycles. The van der Waals surface area contributed by atoms with Gasteiger partial charge < -0.3 is 10.1 Å². The number of ether oxygens (including phenoxy) is 1. The maximum absolute atomic E-state index is 12.8. The van der Waals surface area contributed by atoms with Crippen molar-refractivity contribution in [2.75, 3.05) is 5.32 Å². The Balaban J connectivity index is 2.12. The van der Waals surface area contributed by atoms with Crippen LogP contribution in [0.15, 0.2) is 35.5 Å². The van der Waals surface area contributed by atoms with Gasteiger partial charge in [-0.05, 0) is 50.6 Å². The minimum atomic E-state index is -0.581. The number of fused-ring (bicyclic) bond motifs is 1. The second-order valence-corrected chi connectivity index (χ2v) is 6.93. The number of hydrogen-bond donors (Lipinski definition) is 1. The lowest BCUT2D eigenvalue weighted by atomic mass is 9.94. The number of rotatable bonds is 2. The Kier molecular flexibility index (Phi) is 3.87. The van der Waals surface area contributed by atoms with Crippen molar-refractivity contribution in [3.8, 4) is 0 Å². The van der Waals surface area contributed by atoms with Gasteiger partial charge in [0, 0.05) is 5.70 Å². The van der Waals surface area contributed by atoms with E-state index >= 15 is 0 Å². The average molecular weight is 327 g/mol. The molecule has 0 saturated heterocycles. The molecule has 0 unspecified atom stereocenters. The summed E-state index contributed by atoms with van der Waals surface area (Å²) in [5.74, 6) is 0.131. The summed E-state index contributed by atoms with van der Waals surface area (Å²) < 4.78 is 7.21. The first-order chi connectivity index (χ1) is 11.3. The maximum atomic E-state index is 12.8. The Bertz CT molecular complexity index is 816. The number of allylic oxidation sites excluding steroid dienone is 1. The van der Waals surface area contributed by atoms with Gasteiger partial charge in [0.2, 0.25) is 5.95 Å². The highest BCUT2D eigenvalue weighted by Gasteiger charge is 2.36. The van der Waals surface area contributed by atoms with E-state index in [-0.39, 0.29) is 5.97 Å². The average Bonchev–Trinajstić information content (AvgIpc) is 2.91. The fraction of sp³-hybridized carbons (Fsp3) is 0.412. The maximum Gasteiger partial charge on any atom is 0.338 e. The molecule has 1 aliphatic heterocycles. The molecule has 126 valence electrons. The Labute approximate surface area is 140 Å². The van der Waals surface area contributed by atoms with Crippen molar-refractivity contribution in [1.29, 1.82) is 0 Å². The molecule has 7 nitrogen and oxygen atoms in total. The SMILES string of the molecule is CC1=C(C(=O)OC(C)(C)C)[C@H](c2cccc(C)c2)n2nnnc2N1. The summed E-state index contributed by atoms with van der Waals surface area (Å²) in [6, 6.07) is 7.53. The van der Waals surface area contributed by atoms with Crippen molar-refractivity contribution in [2.24, 2.45) is 0 Å². The quantitative estimate of drug-likeness (QED) is 0.854. The third-order valence-corrected chi connectivity index (χ3v) is 3.69. The summed E-state index contributed by atoms with van der Waals surface area (Å²) in [6.07, 6.45) is 0. The van der Waals surface area contributed by atoms with Crippen molar-refractivity contribution < 1.29 is 9.53 Å². The number of esters is 1. The molecule has 1 aliphatic rings. The third-order valence-electron chi connectivity index (χ3n) is 3.69. The number of carbonyl (C=O) groups is 1. The summed E-state index contributed by atoms with van der Waals surface area (Å²) in [5.41, 5.74) is 2.66. The highest BCUT2D eigenvalue weighted by molar-refractivity contribution is 5.92. The van der Waals surface area contributed by atoms with Crippen molar-refractivity contribution in [1.82, 2.24) is 20.2 Å². The van der Waals surface area contributed by atoms with Crippen molar-refractivity contribution in [2.45, 2.75) is 46.3 Å². The Morgan fingerprint density at radius 1 is 1.29 bits per heavy atom. The monoisotopic (exact) mass is 327 g/mol. The normalized spacial score (nSPS) is 17.3. The molecule has 0 bridgehead atoms. The first-order valence-corrected chi connectivity index (χ1v) is 7.82. The number of benzene rings is 1. The molecule has 1 atom stereocenters. The van der Waals surface area contributed by atoms with Crippen LogP contribution in [-0.4, -0.2) is 31.8 Å².